The van der Waals surface area contributed by atoms with Crippen LogP contribution in [0.25, 0.3) is 0 Å². The first-order valence-corrected chi connectivity index (χ1v) is 7.03. The molecule has 2 aliphatic rings. The highest BCUT2D eigenvalue weighted by atomic mass is 16.1. The van der Waals surface area contributed by atoms with Gasteiger partial charge in [-0.25, -0.2) is 0 Å². The predicted molar refractivity (Wildman–Crippen MR) is 73.5 cm³/mol. The first-order chi connectivity index (χ1) is 8.63. The van der Waals surface area contributed by atoms with E-state index in [1.165, 1.54) is 25.7 Å². The Hall–Kier alpha value is -1.31. The van der Waals surface area contributed by atoms with Gasteiger partial charge in [-0.2, -0.15) is 0 Å². The summed E-state index contributed by atoms with van der Waals surface area (Å²) in [6, 6.07) is 5.66. The van der Waals surface area contributed by atoms with E-state index in [2.05, 4.69) is 0 Å². The van der Waals surface area contributed by atoms with Gasteiger partial charge in [0.15, 0.2) is 5.78 Å². The van der Waals surface area contributed by atoms with E-state index in [-0.39, 0.29) is 0 Å². The molecule has 3 unspecified atom stereocenters. The Bertz CT molecular complexity index is 480. The van der Waals surface area contributed by atoms with Crippen LogP contribution in [0.2, 0.25) is 0 Å². The molecular formula is C16H21NO. The topological polar surface area (TPSA) is 43.1 Å². The van der Waals surface area contributed by atoms with Gasteiger partial charge in [-0.05, 0) is 67.7 Å². The minimum absolute atomic E-state index is 0.302. The van der Waals surface area contributed by atoms with Crippen LogP contribution < -0.4 is 5.73 Å². The van der Waals surface area contributed by atoms with Crippen LogP contribution in [-0.2, 0) is 0 Å². The molecule has 1 aromatic rings. The summed E-state index contributed by atoms with van der Waals surface area (Å²) >= 11 is 0. The van der Waals surface area contributed by atoms with Crippen LogP contribution in [0, 0.1) is 24.7 Å². The van der Waals surface area contributed by atoms with Crippen molar-refractivity contribution >= 4 is 11.5 Å². The van der Waals surface area contributed by atoms with Crippen LogP contribution in [0.15, 0.2) is 18.2 Å². The number of nitrogens with two attached hydrogens (primary N) is 1. The third kappa shape index (κ3) is 2.05. The van der Waals surface area contributed by atoms with E-state index in [9.17, 15) is 4.79 Å². The minimum Gasteiger partial charge on any atom is -0.399 e. The summed E-state index contributed by atoms with van der Waals surface area (Å²) in [4.78, 5) is 12.3. The highest BCUT2D eigenvalue weighted by Crippen LogP contribution is 2.49. The quantitative estimate of drug-likeness (QED) is 0.651. The van der Waals surface area contributed by atoms with Gasteiger partial charge in [-0.15, -0.1) is 0 Å². The molecule has 2 bridgehead atoms. The minimum atomic E-state index is 0.302. The summed E-state index contributed by atoms with van der Waals surface area (Å²) in [6.07, 6.45) is 6.15. The molecule has 0 saturated heterocycles. The Morgan fingerprint density at radius 2 is 2.17 bits per heavy atom. The van der Waals surface area contributed by atoms with Crippen LogP contribution >= 0.6 is 0 Å². The number of hydrogen-bond donors (Lipinski definition) is 1. The van der Waals surface area contributed by atoms with Crippen molar-refractivity contribution in [2.24, 2.45) is 17.8 Å². The average Bonchev–Trinajstić information content (AvgIpc) is 2.94. The van der Waals surface area contributed by atoms with Crippen molar-refractivity contribution in [1.82, 2.24) is 0 Å². The Morgan fingerprint density at radius 3 is 2.78 bits per heavy atom. The molecule has 2 nitrogen and oxygen atoms in total. The number of ketones is 1. The second kappa shape index (κ2) is 4.42. The number of nitrogen functional groups attached to an aromatic ring is 1. The van der Waals surface area contributed by atoms with E-state index < -0.39 is 0 Å². The summed E-state index contributed by atoms with van der Waals surface area (Å²) in [7, 11) is 0. The second-order valence-electron chi connectivity index (χ2n) is 6.13. The monoisotopic (exact) mass is 243 g/mol. The number of carbonyl (C=O) groups is 1. The largest absolute Gasteiger partial charge is 0.399 e. The lowest BCUT2D eigenvalue weighted by Crippen LogP contribution is -2.15. The van der Waals surface area contributed by atoms with E-state index in [1.807, 2.05) is 25.1 Å². The SMILES string of the molecule is Cc1cc(C(=O)CC2CC3CCC2C3)ccc1N. The Kier molecular flexibility index (Phi) is 2.89. The maximum absolute atomic E-state index is 12.3. The molecular weight excluding hydrogens is 222 g/mol. The molecule has 1 aromatic carbocycles. The van der Waals surface area contributed by atoms with Gasteiger partial charge in [0, 0.05) is 17.7 Å². The van der Waals surface area contributed by atoms with E-state index in [4.69, 9.17) is 5.73 Å². The van der Waals surface area contributed by atoms with Crippen LogP contribution in [0.3, 0.4) is 0 Å². The van der Waals surface area contributed by atoms with Gasteiger partial charge in [-0.3, -0.25) is 4.79 Å². The molecule has 0 spiro atoms. The molecule has 0 aliphatic heterocycles. The van der Waals surface area contributed by atoms with E-state index in [0.717, 1.165) is 35.1 Å². The number of fused-ring (bicyclic) bond motifs is 2. The van der Waals surface area contributed by atoms with Crippen molar-refractivity contribution in [1.29, 1.82) is 0 Å². The molecule has 2 heteroatoms. The number of rotatable bonds is 3. The standard InChI is InChI=1S/C16H21NO/c1-10-6-13(4-5-15(10)17)16(18)9-14-8-11-2-3-12(14)7-11/h4-6,11-12,14H,2-3,7-9,17H2,1H3. The van der Waals surface area contributed by atoms with Crippen LogP contribution in [0.5, 0.6) is 0 Å². The maximum Gasteiger partial charge on any atom is 0.163 e. The molecule has 3 atom stereocenters. The van der Waals surface area contributed by atoms with Gasteiger partial charge in [0.2, 0.25) is 0 Å². The summed E-state index contributed by atoms with van der Waals surface area (Å²) in [5.74, 6) is 2.69. The molecule has 0 radical (unpaired) electrons. The van der Waals surface area contributed by atoms with Gasteiger partial charge in [0.25, 0.3) is 0 Å². The first kappa shape index (κ1) is 11.8. The predicted octanol–water partition coefficient (Wildman–Crippen LogP) is 3.59. The zero-order valence-electron chi connectivity index (χ0n) is 11.0. The molecule has 96 valence electrons. The summed E-state index contributed by atoms with van der Waals surface area (Å²) in [6.45, 7) is 1.96. The molecule has 2 fully saturated rings. The van der Waals surface area contributed by atoms with Gasteiger partial charge in [0.05, 0.1) is 0 Å². The normalized spacial score (nSPS) is 29.7. The summed E-state index contributed by atoms with van der Waals surface area (Å²) in [5, 5.41) is 0. The Morgan fingerprint density at radius 1 is 1.33 bits per heavy atom. The lowest BCUT2D eigenvalue weighted by molar-refractivity contribution is 0.0944. The summed E-state index contributed by atoms with van der Waals surface area (Å²) < 4.78 is 0. The van der Waals surface area contributed by atoms with Crippen molar-refractivity contribution in [3.8, 4) is 0 Å². The number of aryl methyl sites for hydroxylation is 1. The van der Waals surface area contributed by atoms with E-state index in [1.54, 1.807) is 0 Å². The van der Waals surface area contributed by atoms with Crippen molar-refractivity contribution in [2.75, 3.05) is 5.73 Å². The van der Waals surface area contributed by atoms with Crippen molar-refractivity contribution in [2.45, 2.75) is 39.0 Å². The number of benzene rings is 1. The van der Waals surface area contributed by atoms with Crippen LogP contribution in [0.1, 0.15) is 48.0 Å². The molecule has 0 amide bonds. The zero-order chi connectivity index (χ0) is 12.7. The van der Waals surface area contributed by atoms with Crippen molar-refractivity contribution in [3.05, 3.63) is 29.3 Å². The van der Waals surface area contributed by atoms with E-state index >= 15 is 0 Å². The van der Waals surface area contributed by atoms with Gasteiger partial charge < -0.3 is 5.73 Å². The fourth-order valence-corrected chi connectivity index (χ4v) is 3.83. The number of hydrogen-bond acceptors (Lipinski definition) is 2. The first-order valence-electron chi connectivity index (χ1n) is 7.03. The lowest BCUT2D eigenvalue weighted by atomic mass is 9.84. The van der Waals surface area contributed by atoms with E-state index in [0.29, 0.717) is 11.7 Å². The lowest BCUT2D eigenvalue weighted by Gasteiger charge is -2.20. The highest BCUT2D eigenvalue weighted by molar-refractivity contribution is 5.96. The molecule has 18 heavy (non-hydrogen) atoms. The zero-order valence-corrected chi connectivity index (χ0v) is 11.0. The number of anilines is 1. The molecule has 2 aliphatic carbocycles. The van der Waals surface area contributed by atoms with Crippen LogP contribution in [-0.4, -0.2) is 5.78 Å². The fourth-order valence-electron chi connectivity index (χ4n) is 3.83. The van der Waals surface area contributed by atoms with Gasteiger partial charge in [-0.1, -0.05) is 6.42 Å². The summed E-state index contributed by atoms with van der Waals surface area (Å²) in [5.41, 5.74) is 8.41. The number of carbonyl (C=O) groups excluding carboxylic acids is 1. The van der Waals surface area contributed by atoms with Gasteiger partial charge >= 0.3 is 0 Å². The van der Waals surface area contributed by atoms with Crippen molar-refractivity contribution in [3.63, 3.8) is 0 Å². The fraction of sp³-hybridized carbons (Fsp3) is 0.562. The Balaban J connectivity index is 1.69. The third-order valence-electron chi connectivity index (χ3n) is 4.92. The smallest absolute Gasteiger partial charge is 0.163 e. The average molecular weight is 243 g/mol. The van der Waals surface area contributed by atoms with Gasteiger partial charge in [0.1, 0.15) is 0 Å². The van der Waals surface area contributed by atoms with Crippen LogP contribution in [0.4, 0.5) is 5.69 Å². The van der Waals surface area contributed by atoms with Crippen molar-refractivity contribution < 1.29 is 4.79 Å². The molecule has 2 saturated carbocycles. The molecule has 2 N–H and O–H groups in total. The highest BCUT2D eigenvalue weighted by Gasteiger charge is 2.40. The molecule has 3 rings (SSSR count). The molecule has 0 heterocycles. The number of Topliss-reactive ketones (excluding diaryl/α,β-unsaturated/α-hetero) is 1. The molecule has 0 aromatic heterocycles. The third-order valence-corrected chi connectivity index (χ3v) is 4.92. The maximum atomic E-state index is 12.3. The Labute approximate surface area is 109 Å². The second-order valence-corrected chi connectivity index (χ2v) is 6.13.